The van der Waals surface area contributed by atoms with Crippen LogP contribution in [0.1, 0.15) is 13.8 Å². The number of nitrogens with zero attached hydrogens (tertiary/aromatic N) is 4. The standard InChI is InChI=1S/C26H23N7O4S/c1-3-27-25(34)31-21-12-17(24-30-20(14-38-24)15-8-6-5-7-9-15)18(13-28-21)16-10-19(23-32-33-26(35)37-23)29-22(11-16)36-4-2/h5-14H,3-4H2,1-2H3,(H,33,35)(H2,27,28,31,34). The highest BCUT2D eigenvalue weighted by atomic mass is 32.1. The Bertz CT molecular complexity index is 1630. The Morgan fingerprint density at radius 2 is 1.89 bits per heavy atom. The van der Waals surface area contributed by atoms with Crippen molar-refractivity contribution in [3.8, 4) is 50.4 Å². The van der Waals surface area contributed by atoms with Crippen molar-refractivity contribution in [2.45, 2.75) is 13.8 Å². The zero-order valence-electron chi connectivity index (χ0n) is 20.5. The molecule has 0 unspecified atom stereocenters. The molecule has 38 heavy (non-hydrogen) atoms. The van der Waals surface area contributed by atoms with Crippen molar-refractivity contribution in [1.82, 2.24) is 30.5 Å². The quantitative estimate of drug-likeness (QED) is 0.259. The molecular weight excluding hydrogens is 506 g/mol. The predicted molar refractivity (Wildman–Crippen MR) is 144 cm³/mol. The first-order valence-corrected chi connectivity index (χ1v) is 12.7. The van der Waals surface area contributed by atoms with E-state index in [0.717, 1.165) is 21.8 Å². The summed E-state index contributed by atoms with van der Waals surface area (Å²) in [5, 5.41) is 14.3. The molecule has 5 rings (SSSR count). The summed E-state index contributed by atoms with van der Waals surface area (Å²) in [6.07, 6.45) is 1.65. The molecule has 4 heterocycles. The van der Waals surface area contributed by atoms with Crippen molar-refractivity contribution in [3.63, 3.8) is 0 Å². The summed E-state index contributed by atoms with van der Waals surface area (Å²) < 4.78 is 10.8. The lowest BCUT2D eigenvalue weighted by molar-refractivity contribution is 0.252. The Labute approximate surface area is 221 Å². The molecule has 2 amide bonds. The van der Waals surface area contributed by atoms with Crippen LogP contribution in [0.2, 0.25) is 0 Å². The molecule has 0 aliphatic heterocycles. The number of nitrogens with one attached hydrogen (secondary N) is 3. The van der Waals surface area contributed by atoms with Gasteiger partial charge in [0, 0.05) is 40.9 Å². The van der Waals surface area contributed by atoms with Gasteiger partial charge in [0.1, 0.15) is 16.5 Å². The van der Waals surface area contributed by atoms with Gasteiger partial charge in [-0.25, -0.2) is 29.6 Å². The molecule has 0 saturated heterocycles. The maximum Gasteiger partial charge on any atom is 0.434 e. The molecule has 11 nitrogen and oxygen atoms in total. The van der Waals surface area contributed by atoms with E-state index in [-0.39, 0.29) is 11.9 Å². The van der Waals surface area contributed by atoms with E-state index >= 15 is 0 Å². The van der Waals surface area contributed by atoms with Crippen molar-refractivity contribution in [3.05, 3.63) is 70.7 Å². The summed E-state index contributed by atoms with van der Waals surface area (Å²) in [6.45, 7) is 4.54. The Morgan fingerprint density at radius 3 is 2.63 bits per heavy atom. The minimum absolute atomic E-state index is 0.0300. The number of carbonyl (C=O) groups is 1. The third-order valence-electron chi connectivity index (χ3n) is 5.35. The lowest BCUT2D eigenvalue weighted by Crippen LogP contribution is -2.28. The van der Waals surface area contributed by atoms with Crippen LogP contribution in [0, 0.1) is 0 Å². The molecule has 0 atom stereocenters. The molecule has 0 aliphatic carbocycles. The van der Waals surface area contributed by atoms with E-state index in [9.17, 15) is 9.59 Å². The second-order valence-electron chi connectivity index (χ2n) is 7.93. The molecule has 0 radical (unpaired) electrons. The van der Waals surface area contributed by atoms with Crippen molar-refractivity contribution in [2.75, 3.05) is 18.5 Å². The van der Waals surface area contributed by atoms with Gasteiger partial charge in [0.25, 0.3) is 5.89 Å². The number of hydrogen-bond acceptors (Lipinski definition) is 9. The molecule has 0 spiro atoms. The average Bonchev–Trinajstić information content (AvgIpc) is 3.59. The lowest BCUT2D eigenvalue weighted by atomic mass is 10.0. The number of carbonyl (C=O) groups excluding carboxylic acids is 1. The Kier molecular flexibility index (Phi) is 7.22. The molecule has 1 aromatic carbocycles. The summed E-state index contributed by atoms with van der Waals surface area (Å²) in [6, 6.07) is 14.8. The zero-order chi connectivity index (χ0) is 26.5. The van der Waals surface area contributed by atoms with Crippen LogP contribution in [-0.2, 0) is 0 Å². The normalized spacial score (nSPS) is 10.8. The number of pyridine rings is 2. The van der Waals surface area contributed by atoms with E-state index in [0.29, 0.717) is 41.7 Å². The van der Waals surface area contributed by atoms with Gasteiger partial charge >= 0.3 is 11.8 Å². The largest absolute Gasteiger partial charge is 0.478 e. The SMILES string of the molecule is CCNC(=O)Nc1cc(-c2nc(-c3ccccc3)cs2)c(-c2cc(OCC)nc(-c3n[nH]c(=O)o3)c2)cn1. The Hall–Kier alpha value is -4.84. The summed E-state index contributed by atoms with van der Waals surface area (Å²) >= 11 is 1.47. The van der Waals surface area contributed by atoms with Crippen LogP contribution >= 0.6 is 11.3 Å². The molecule has 3 N–H and O–H groups in total. The summed E-state index contributed by atoms with van der Waals surface area (Å²) in [7, 11) is 0. The van der Waals surface area contributed by atoms with Crippen molar-refractivity contribution < 1.29 is 13.9 Å². The first-order chi connectivity index (χ1) is 18.5. The highest BCUT2D eigenvalue weighted by Crippen LogP contribution is 2.38. The number of aromatic nitrogens is 5. The fourth-order valence-electron chi connectivity index (χ4n) is 3.72. The van der Waals surface area contributed by atoms with Gasteiger partial charge in [-0.15, -0.1) is 16.4 Å². The van der Waals surface area contributed by atoms with Gasteiger partial charge in [-0.1, -0.05) is 30.3 Å². The summed E-state index contributed by atoms with van der Waals surface area (Å²) in [5.74, 6) is 0.0287. The van der Waals surface area contributed by atoms with Gasteiger partial charge in [0.2, 0.25) is 5.88 Å². The number of anilines is 1. The van der Waals surface area contributed by atoms with Gasteiger partial charge in [-0.2, -0.15) is 0 Å². The molecule has 0 fully saturated rings. The minimum atomic E-state index is -0.690. The number of amides is 2. The predicted octanol–water partition coefficient (Wildman–Crippen LogP) is 4.82. The second kappa shape index (κ2) is 11.0. The fraction of sp³-hybridized carbons (Fsp3) is 0.154. The maximum atomic E-state index is 12.2. The molecule has 192 valence electrons. The highest BCUT2D eigenvalue weighted by Gasteiger charge is 2.18. The molecule has 0 aliphatic rings. The van der Waals surface area contributed by atoms with E-state index in [1.807, 2.05) is 49.6 Å². The lowest BCUT2D eigenvalue weighted by Gasteiger charge is -2.13. The Balaban J connectivity index is 1.64. The molecule has 4 aromatic heterocycles. The first-order valence-electron chi connectivity index (χ1n) is 11.8. The number of H-pyrrole nitrogens is 1. The zero-order valence-corrected chi connectivity index (χ0v) is 21.3. The number of hydrogen-bond donors (Lipinski definition) is 3. The Morgan fingerprint density at radius 1 is 1.05 bits per heavy atom. The smallest absolute Gasteiger partial charge is 0.434 e. The van der Waals surface area contributed by atoms with Gasteiger partial charge in [0.15, 0.2) is 0 Å². The topological polar surface area (TPSA) is 148 Å². The molecule has 5 aromatic rings. The third-order valence-corrected chi connectivity index (χ3v) is 6.22. The molecular formula is C26H23N7O4S. The maximum absolute atomic E-state index is 12.2. The first kappa shape index (κ1) is 24.8. The van der Waals surface area contributed by atoms with E-state index in [2.05, 4.69) is 30.8 Å². The summed E-state index contributed by atoms with van der Waals surface area (Å²) in [5.41, 5.74) is 4.27. The van der Waals surface area contributed by atoms with Crippen LogP contribution in [0.3, 0.4) is 0 Å². The van der Waals surface area contributed by atoms with E-state index < -0.39 is 5.76 Å². The average molecular weight is 530 g/mol. The van der Waals surface area contributed by atoms with E-state index in [1.54, 1.807) is 24.4 Å². The van der Waals surface area contributed by atoms with Crippen LogP contribution in [0.5, 0.6) is 5.88 Å². The minimum Gasteiger partial charge on any atom is -0.478 e. The van der Waals surface area contributed by atoms with Gasteiger partial charge < -0.3 is 14.5 Å². The molecule has 0 saturated carbocycles. The number of urea groups is 1. The third kappa shape index (κ3) is 5.44. The van der Waals surface area contributed by atoms with Crippen LogP contribution in [-0.4, -0.2) is 44.3 Å². The molecule has 12 heteroatoms. The van der Waals surface area contributed by atoms with Gasteiger partial charge in [-0.05, 0) is 31.5 Å². The summed E-state index contributed by atoms with van der Waals surface area (Å²) in [4.78, 5) is 37.5. The van der Waals surface area contributed by atoms with Crippen molar-refractivity contribution >= 4 is 23.2 Å². The van der Waals surface area contributed by atoms with Gasteiger partial charge in [0.05, 0.1) is 12.3 Å². The van der Waals surface area contributed by atoms with E-state index in [1.165, 1.54) is 11.3 Å². The number of benzene rings is 1. The monoisotopic (exact) mass is 529 g/mol. The second-order valence-corrected chi connectivity index (χ2v) is 8.79. The number of rotatable bonds is 8. The number of thiazole rings is 1. The molecule has 0 bridgehead atoms. The van der Waals surface area contributed by atoms with E-state index in [4.69, 9.17) is 14.1 Å². The van der Waals surface area contributed by atoms with Crippen LogP contribution < -0.4 is 21.1 Å². The van der Waals surface area contributed by atoms with Gasteiger partial charge in [-0.3, -0.25) is 5.32 Å². The fourth-order valence-corrected chi connectivity index (χ4v) is 4.58. The van der Waals surface area contributed by atoms with Crippen LogP contribution in [0.25, 0.3) is 44.5 Å². The highest BCUT2D eigenvalue weighted by molar-refractivity contribution is 7.13. The van der Waals surface area contributed by atoms with Crippen molar-refractivity contribution in [1.29, 1.82) is 0 Å². The van der Waals surface area contributed by atoms with Crippen LogP contribution in [0.4, 0.5) is 10.6 Å². The number of ether oxygens (including phenoxy) is 1. The van der Waals surface area contributed by atoms with Crippen molar-refractivity contribution in [2.24, 2.45) is 0 Å². The number of aromatic amines is 1. The van der Waals surface area contributed by atoms with Crippen LogP contribution in [0.15, 0.2) is 69.3 Å².